The maximum absolute atomic E-state index is 12.0. The van der Waals surface area contributed by atoms with Crippen molar-refractivity contribution >= 4 is 29.2 Å². The number of carboxylic acids is 1. The first kappa shape index (κ1) is 14.7. The van der Waals surface area contributed by atoms with Crippen molar-refractivity contribution in [3.8, 4) is 0 Å². The third kappa shape index (κ3) is 3.26. The molecule has 1 heterocycles. The lowest BCUT2D eigenvalue weighted by atomic mass is 10.1. The average molecular weight is 308 g/mol. The van der Waals surface area contributed by atoms with E-state index in [1.165, 1.54) is 37.4 Å². The molecule has 1 amide bonds. The van der Waals surface area contributed by atoms with E-state index in [1.807, 2.05) is 0 Å². The van der Waals surface area contributed by atoms with Crippen molar-refractivity contribution in [3.63, 3.8) is 0 Å². The Morgan fingerprint density at radius 2 is 2.00 bits per heavy atom. The van der Waals surface area contributed by atoms with Crippen molar-refractivity contribution in [3.05, 3.63) is 57.0 Å². The van der Waals surface area contributed by atoms with Crippen molar-refractivity contribution in [1.29, 1.82) is 0 Å². The van der Waals surface area contributed by atoms with E-state index in [9.17, 15) is 14.4 Å². The molecule has 0 spiro atoms. The van der Waals surface area contributed by atoms with Gasteiger partial charge in [0.05, 0.1) is 11.3 Å². The van der Waals surface area contributed by atoms with Crippen LogP contribution in [0, 0.1) is 0 Å². The van der Waals surface area contributed by atoms with Crippen LogP contribution in [0.5, 0.6) is 0 Å². The zero-order valence-electron chi connectivity index (χ0n) is 10.8. The molecule has 21 heavy (non-hydrogen) atoms. The summed E-state index contributed by atoms with van der Waals surface area (Å²) in [4.78, 5) is 34.3. The summed E-state index contributed by atoms with van der Waals surface area (Å²) in [5.74, 6) is -1.84. The average Bonchev–Trinajstić information content (AvgIpc) is 2.41. The van der Waals surface area contributed by atoms with E-state index in [4.69, 9.17) is 16.7 Å². The molecule has 108 valence electrons. The first-order valence-corrected chi connectivity index (χ1v) is 6.15. The highest BCUT2D eigenvalue weighted by atomic mass is 35.5. The molecule has 0 unspecified atom stereocenters. The Bertz CT molecular complexity index is 785. The summed E-state index contributed by atoms with van der Waals surface area (Å²) >= 11 is 5.79. The van der Waals surface area contributed by atoms with E-state index in [0.29, 0.717) is 0 Å². The van der Waals surface area contributed by atoms with Gasteiger partial charge in [-0.15, -0.1) is 0 Å². The summed E-state index contributed by atoms with van der Waals surface area (Å²) in [5, 5.41) is 15.5. The molecule has 8 heteroatoms. The smallest absolute Gasteiger partial charge is 0.337 e. The molecule has 0 saturated carbocycles. The monoisotopic (exact) mass is 307 g/mol. The van der Waals surface area contributed by atoms with E-state index in [0.717, 1.165) is 4.68 Å². The van der Waals surface area contributed by atoms with Crippen LogP contribution >= 0.6 is 11.6 Å². The molecule has 0 saturated heterocycles. The molecule has 1 aromatic carbocycles. The van der Waals surface area contributed by atoms with Crippen LogP contribution < -0.4 is 10.9 Å². The Morgan fingerprint density at radius 3 is 2.62 bits per heavy atom. The molecule has 0 fully saturated rings. The van der Waals surface area contributed by atoms with Gasteiger partial charge in [0, 0.05) is 18.1 Å². The molecule has 2 rings (SSSR count). The van der Waals surface area contributed by atoms with Crippen LogP contribution in [-0.4, -0.2) is 26.8 Å². The number of hydrogen-bond acceptors (Lipinski definition) is 4. The van der Waals surface area contributed by atoms with Gasteiger partial charge in [0.2, 0.25) is 0 Å². The number of aromatic nitrogens is 2. The maximum atomic E-state index is 12.0. The Morgan fingerprint density at radius 1 is 1.29 bits per heavy atom. The molecule has 0 atom stereocenters. The summed E-state index contributed by atoms with van der Waals surface area (Å²) < 4.78 is 1.00. The highest BCUT2D eigenvalue weighted by Gasteiger charge is 2.15. The van der Waals surface area contributed by atoms with Gasteiger partial charge in [0.15, 0.2) is 0 Å². The lowest BCUT2D eigenvalue weighted by molar-refractivity contribution is 0.0698. The van der Waals surface area contributed by atoms with Gasteiger partial charge < -0.3 is 10.4 Å². The van der Waals surface area contributed by atoms with Gasteiger partial charge in [-0.25, -0.2) is 9.48 Å². The number of carbonyl (C=O) groups excluding carboxylic acids is 1. The van der Waals surface area contributed by atoms with E-state index < -0.39 is 11.9 Å². The minimum atomic E-state index is -1.20. The number of nitrogens with one attached hydrogen (secondary N) is 1. The molecule has 0 bridgehead atoms. The van der Waals surface area contributed by atoms with Crippen molar-refractivity contribution < 1.29 is 14.7 Å². The van der Waals surface area contributed by atoms with E-state index >= 15 is 0 Å². The summed E-state index contributed by atoms with van der Waals surface area (Å²) in [7, 11) is 1.40. The highest BCUT2D eigenvalue weighted by Crippen LogP contribution is 2.21. The number of hydrogen-bond donors (Lipinski definition) is 2. The molecule has 0 aliphatic carbocycles. The summed E-state index contributed by atoms with van der Waals surface area (Å²) in [5.41, 5.74) is -0.429. The van der Waals surface area contributed by atoms with Crippen molar-refractivity contribution in [2.24, 2.45) is 7.05 Å². The van der Waals surface area contributed by atoms with E-state index in [2.05, 4.69) is 10.4 Å². The highest BCUT2D eigenvalue weighted by molar-refractivity contribution is 6.31. The van der Waals surface area contributed by atoms with Crippen LogP contribution in [-0.2, 0) is 7.05 Å². The second kappa shape index (κ2) is 5.76. The number of rotatable bonds is 3. The number of carbonyl (C=O) groups is 2. The molecule has 1 aromatic heterocycles. The molecular weight excluding hydrogens is 298 g/mol. The van der Waals surface area contributed by atoms with Crippen LogP contribution in [0.4, 0.5) is 5.69 Å². The number of halogens is 1. The number of benzene rings is 1. The zero-order chi connectivity index (χ0) is 15.6. The number of nitrogens with zero attached hydrogens (tertiary/aromatic N) is 2. The van der Waals surface area contributed by atoms with Crippen molar-refractivity contribution in [1.82, 2.24) is 9.78 Å². The lowest BCUT2D eigenvalue weighted by Gasteiger charge is -2.09. The summed E-state index contributed by atoms with van der Waals surface area (Å²) in [6.45, 7) is 0. The van der Waals surface area contributed by atoms with Crippen LogP contribution in [0.2, 0.25) is 5.02 Å². The molecule has 2 aromatic rings. The van der Waals surface area contributed by atoms with Crippen LogP contribution in [0.1, 0.15) is 20.8 Å². The van der Waals surface area contributed by atoms with Gasteiger partial charge in [-0.05, 0) is 24.3 Å². The topological polar surface area (TPSA) is 101 Å². The van der Waals surface area contributed by atoms with E-state index in [1.54, 1.807) is 0 Å². The van der Waals surface area contributed by atoms with Crippen LogP contribution in [0.25, 0.3) is 0 Å². The van der Waals surface area contributed by atoms with Gasteiger partial charge in [0.1, 0.15) is 5.69 Å². The Labute approximate surface area is 123 Å². The first-order valence-electron chi connectivity index (χ1n) is 5.77. The van der Waals surface area contributed by atoms with Gasteiger partial charge in [-0.1, -0.05) is 11.6 Å². The Hall–Kier alpha value is -2.67. The standard InChI is InChI=1S/C13H10ClN3O4/c1-17-11(18)5-4-9(16-17)12(19)15-10-6-7(14)2-3-8(10)13(20)21/h2-6H,1H3,(H,15,19)(H,20,21). The van der Waals surface area contributed by atoms with Gasteiger partial charge in [-0.3, -0.25) is 9.59 Å². The molecule has 0 aliphatic rings. The number of amides is 1. The minimum absolute atomic E-state index is 0.0200. The lowest BCUT2D eigenvalue weighted by Crippen LogP contribution is -2.24. The number of aryl methyl sites for hydroxylation is 1. The quantitative estimate of drug-likeness (QED) is 0.892. The fourth-order valence-corrected chi connectivity index (χ4v) is 1.79. The van der Waals surface area contributed by atoms with Gasteiger partial charge >= 0.3 is 5.97 Å². The van der Waals surface area contributed by atoms with Crippen molar-refractivity contribution in [2.75, 3.05) is 5.32 Å². The predicted molar refractivity (Wildman–Crippen MR) is 75.8 cm³/mol. The normalized spacial score (nSPS) is 10.2. The molecule has 2 N–H and O–H groups in total. The molecule has 0 aliphatic heterocycles. The van der Waals surface area contributed by atoms with Crippen LogP contribution in [0.15, 0.2) is 35.1 Å². The number of anilines is 1. The molecule has 7 nitrogen and oxygen atoms in total. The third-order valence-corrected chi connectivity index (χ3v) is 2.89. The Kier molecular flexibility index (Phi) is 4.04. The maximum Gasteiger partial charge on any atom is 0.337 e. The summed E-state index contributed by atoms with van der Waals surface area (Å²) in [6, 6.07) is 6.46. The fraction of sp³-hybridized carbons (Fsp3) is 0.0769. The van der Waals surface area contributed by atoms with E-state index in [-0.39, 0.29) is 27.5 Å². The zero-order valence-corrected chi connectivity index (χ0v) is 11.6. The molecule has 0 radical (unpaired) electrons. The fourth-order valence-electron chi connectivity index (χ4n) is 1.62. The summed E-state index contributed by atoms with van der Waals surface area (Å²) in [6.07, 6.45) is 0. The largest absolute Gasteiger partial charge is 0.478 e. The second-order valence-corrected chi connectivity index (χ2v) is 4.57. The second-order valence-electron chi connectivity index (χ2n) is 4.13. The van der Waals surface area contributed by atoms with Gasteiger partial charge in [-0.2, -0.15) is 5.10 Å². The third-order valence-electron chi connectivity index (χ3n) is 2.65. The first-order chi connectivity index (χ1) is 9.88. The van der Waals surface area contributed by atoms with Crippen LogP contribution in [0.3, 0.4) is 0 Å². The minimum Gasteiger partial charge on any atom is -0.478 e. The SMILES string of the molecule is Cn1nc(C(=O)Nc2cc(Cl)ccc2C(=O)O)ccc1=O. The number of carboxylic acid groups (broad SMARTS) is 1. The molecular formula is C13H10ClN3O4. The Balaban J connectivity index is 2.35. The van der Waals surface area contributed by atoms with Gasteiger partial charge in [0.25, 0.3) is 11.5 Å². The van der Waals surface area contributed by atoms with Crippen molar-refractivity contribution in [2.45, 2.75) is 0 Å². The predicted octanol–water partition coefficient (Wildman–Crippen LogP) is 1.38. The number of aromatic carboxylic acids is 1.